The van der Waals surface area contributed by atoms with Crippen molar-refractivity contribution in [3.63, 3.8) is 0 Å². The predicted molar refractivity (Wildman–Crippen MR) is 140 cm³/mol. The van der Waals surface area contributed by atoms with Gasteiger partial charge in [0.25, 0.3) is 5.91 Å². The molecule has 7 heteroatoms. The molecule has 35 heavy (non-hydrogen) atoms. The van der Waals surface area contributed by atoms with Crippen molar-refractivity contribution >= 4 is 23.5 Å². The summed E-state index contributed by atoms with van der Waals surface area (Å²) in [5.41, 5.74) is 4.54. The minimum absolute atomic E-state index is 0.110. The van der Waals surface area contributed by atoms with Crippen molar-refractivity contribution in [1.29, 1.82) is 0 Å². The van der Waals surface area contributed by atoms with Crippen LogP contribution < -0.4 is 10.2 Å². The van der Waals surface area contributed by atoms with Crippen molar-refractivity contribution in [2.24, 2.45) is 0 Å². The van der Waals surface area contributed by atoms with Crippen LogP contribution in [0.3, 0.4) is 0 Å². The summed E-state index contributed by atoms with van der Waals surface area (Å²) in [5, 5.41) is 3.69. The van der Waals surface area contributed by atoms with Crippen LogP contribution in [0.1, 0.15) is 34.5 Å². The standard InChI is InChI=1S/C28H27N5OS/c34-27(30-19-24-13-4-5-14-29-24)23-12-8-9-21(17-23)20-35-28-31-25(22-10-2-1-3-11-22)18-26(32-28)33-15-6-7-16-33/h1-5,8-14,17-18H,6-7,15-16,19-20H2,(H,30,34). The second-order valence-electron chi connectivity index (χ2n) is 8.45. The van der Waals surface area contributed by atoms with Crippen molar-refractivity contribution in [3.05, 3.63) is 102 Å². The van der Waals surface area contributed by atoms with Gasteiger partial charge in [0, 0.05) is 42.2 Å². The first kappa shape index (κ1) is 23.1. The number of benzene rings is 2. The molecule has 3 heterocycles. The van der Waals surface area contributed by atoms with E-state index in [1.807, 2.05) is 60.7 Å². The van der Waals surface area contributed by atoms with E-state index in [2.05, 4.69) is 33.4 Å². The number of nitrogens with one attached hydrogen (secondary N) is 1. The molecule has 2 aromatic carbocycles. The van der Waals surface area contributed by atoms with Gasteiger partial charge in [-0.2, -0.15) is 0 Å². The SMILES string of the molecule is O=C(NCc1ccccn1)c1cccc(CSc2nc(-c3ccccc3)cc(N3CCCC3)n2)c1. The molecule has 1 N–H and O–H groups in total. The van der Waals surface area contributed by atoms with Gasteiger partial charge in [0.05, 0.1) is 17.9 Å². The Morgan fingerprint density at radius 2 is 1.74 bits per heavy atom. The van der Waals surface area contributed by atoms with Crippen molar-refractivity contribution in [1.82, 2.24) is 20.3 Å². The molecule has 2 aromatic heterocycles. The maximum Gasteiger partial charge on any atom is 0.251 e. The van der Waals surface area contributed by atoms with Gasteiger partial charge in [0.15, 0.2) is 5.16 Å². The smallest absolute Gasteiger partial charge is 0.251 e. The largest absolute Gasteiger partial charge is 0.356 e. The highest BCUT2D eigenvalue weighted by molar-refractivity contribution is 7.98. The van der Waals surface area contributed by atoms with E-state index < -0.39 is 0 Å². The summed E-state index contributed by atoms with van der Waals surface area (Å²) in [5.74, 6) is 1.56. The number of thioether (sulfide) groups is 1. The number of hydrogen-bond acceptors (Lipinski definition) is 6. The minimum atomic E-state index is -0.110. The number of rotatable bonds is 8. The second kappa shape index (κ2) is 11.1. The normalized spacial score (nSPS) is 13.1. The van der Waals surface area contributed by atoms with Gasteiger partial charge in [-0.05, 0) is 42.7 Å². The average Bonchev–Trinajstić information content (AvgIpc) is 3.47. The number of anilines is 1. The highest BCUT2D eigenvalue weighted by atomic mass is 32.2. The monoisotopic (exact) mass is 481 g/mol. The summed E-state index contributed by atoms with van der Waals surface area (Å²) in [6.45, 7) is 2.47. The van der Waals surface area contributed by atoms with Gasteiger partial charge in [-0.3, -0.25) is 9.78 Å². The van der Waals surface area contributed by atoms with E-state index in [1.54, 1.807) is 18.0 Å². The molecule has 0 unspecified atom stereocenters. The van der Waals surface area contributed by atoms with E-state index >= 15 is 0 Å². The van der Waals surface area contributed by atoms with Crippen molar-refractivity contribution in [2.45, 2.75) is 30.3 Å². The van der Waals surface area contributed by atoms with Crippen LogP contribution >= 0.6 is 11.8 Å². The van der Waals surface area contributed by atoms with Crippen LogP contribution in [-0.2, 0) is 12.3 Å². The lowest BCUT2D eigenvalue weighted by Gasteiger charge is -2.18. The molecule has 0 atom stereocenters. The fourth-order valence-corrected chi connectivity index (χ4v) is 4.86. The van der Waals surface area contributed by atoms with Gasteiger partial charge in [-0.1, -0.05) is 60.3 Å². The van der Waals surface area contributed by atoms with Gasteiger partial charge >= 0.3 is 0 Å². The van der Waals surface area contributed by atoms with Gasteiger partial charge in [0.2, 0.25) is 0 Å². The Labute approximate surface area is 209 Å². The Balaban J connectivity index is 1.30. The Kier molecular flexibility index (Phi) is 7.34. The number of hydrogen-bond donors (Lipinski definition) is 1. The molecular weight excluding hydrogens is 454 g/mol. The first-order valence-corrected chi connectivity index (χ1v) is 12.8. The minimum Gasteiger partial charge on any atom is -0.356 e. The fraction of sp³-hybridized carbons (Fsp3) is 0.214. The van der Waals surface area contributed by atoms with Crippen LogP contribution in [0, 0.1) is 0 Å². The molecule has 6 nitrogen and oxygen atoms in total. The van der Waals surface area contributed by atoms with E-state index in [0.717, 1.165) is 46.6 Å². The fourth-order valence-electron chi connectivity index (χ4n) is 4.07. The van der Waals surface area contributed by atoms with Crippen molar-refractivity contribution in [2.75, 3.05) is 18.0 Å². The Bertz CT molecular complexity index is 1280. The Morgan fingerprint density at radius 3 is 2.54 bits per heavy atom. The molecule has 0 spiro atoms. The Hall–Kier alpha value is -3.71. The van der Waals surface area contributed by atoms with Crippen LogP contribution in [-0.4, -0.2) is 33.9 Å². The summed E-state index contributed by atoms with van der Waals surface area (Å²) in [6, 6.07) is 25.7. The number of carbonyl (C=O) groups is 1. The number of amides is 1. The molecule has 1 amide bonds. The quantitative estimate of drug-likeness (QED) is 0.270. The third-order valence-corrected chi connectivity index (χ3v) is 6.82. The lowest BCUT2D eigenvalue weighted by Crippen LogP contribution is -2.23. The number of nitrogens with zero attached hydrogens (tertiary/aromatic N) is 4. The molecule has 0 saturated carbocycles. The van der Waals surface area contributed by atoms with Crippen LogP contribution in [0.15, 0.2) is 90.2 Å². The van der Waals surface area contributed by atoms with E-state index in [1.165, 1.54) is 12.8 Å². The highest BCUT2D eigenvalue weighted by Crippen LogP contribution is 2.29. The van der Waals surface area contributed by atoms with Crippen molar-refractivity contribution < 1.29 is 4.79 Å². The number of carbonyl (C=O) groups excluding carboxylic acids is 1. The lowest BCUT2D eigenvalue weighted by molar-refractivity contribution is 0.0950. The maximum absolute atomic E-state index is 12.7. The van der Waals surface area contributed by atoms with E-state index in [-0.39, 0.29) is 5.91 Å². The summed E-state index contributed by atoms with van der Waals surface area (Å²) in [4.78, 5) is 29.0. The van der Waals surface area contributed by atoms with Crippen LogP contribution in [0.5, 0.6) is 0 Å². The molecule has 0 aliphatic carbocycles. The zero-order chi connectivity index (χ0) is 23.9. The number of aromatic nitrogens is 3. The molecule has 1 aliphatic heterocycles. The first-order valence-electron chi connectivity index (χ1n) is 11.8. The van der Waals surface area contributed by atoms with E-state index in [4.69, 9.17) is 9.97 Å². The number of pyridine rings is 1. The third kappa shape index (κ3) is 6.05. The lowest BCUT2D eigenvalue weighted by atomic mass is 10.1. The summed E-state index contributed by atoms with van der Waals surface area (Å²) < 4.78 is 0. The predicted octanol–water partition coefficient (Wildman–Crippen LogP) is 5.36. The zero-order valence-electron chi connectivity index (χ0n) is 19.4. The molecule has 1 fully saturated rings. The molecule has 0 radical (unpaired) electrons. The highest BCUT2D eigenvalue weighted by Gasteiger charge is 2.17. The Morgan fingerprint density at radius 1 is 0.914 bits per heavy atom. The van der Waals surface area contributed by atoms with Crippen LogP contribution in [0.2, 0.25) is 0 Å². The van der Waals surface area contributed by atoms with E-state index in [9.17, 15) is 4.79 Å². The van der Waals surface area contributed by atoms with Gasteiger partial charge in [-0.15, -0.1) is 0 Å². The topological polar surface area (TPSA) is 71.0 Å². The summed E-state index contributed by atoms with van der Waals surface area (Å²) in [7, 11) is 0. The molecule has 176 valence electrons. The van der Waals surface area contributed by atoms with Gasteiger partial charge in [0.1, 0.15) is 5.82 Å². The average molecular weight is 482 g/mol. The maximum atomic E-state index is 12.7. The van der Waals surface area contributed by atoms with Gasteiger partial charge < -0.3 is 10.2 Å². The summed E-state index contributed by atoms with van der Waals surface area (Å²) >= 11 is 1.60. The van der Waals surface area contributed by atoms with Crippen molar-refractivity contribution in [3.8, 4) is 11.3 Å². The molecular formula is C28H27N5OS. The molecule has 5 rings (SSSR count). The van der Waals surface area contributed by atoms with E-state index in [0.29, 0.717) is 17.9 Å². The molecule has 1 saturated heterocycles. The summed E-state index contributed by atoms with van der Waals surface area (Å²) in [6.07, 6.45) is 4.12. The second-order valence-corrected chi connectivity index (χ2v) is 9.39. The molecule has 0 bridgehead atoms. The first-order chi connectivity index (χ1) is 17.2. The third-order valence-electron chi connectivity index (χ3n) is 5.91. The van der Waals surface area contributed by atoms with Crippen LogP contribution in [0.4, 0.5) is 5.82 Å². The molecule has 4 aromatic rings. The van der Waals surface area contributed by atoms with Crippen LogP contribution in [0.25, 0.3) is 11.3 Å². The zero-order valence-corrected chi connectivity index (χ0v) is 20.2. The molecule has 1 aliphatic rings. The van der Waals surface area contributed by atoms with Gasteiger partial charge in [-0.25, -0.2) is 9.97 Å².